The van der Waals surface area contributed by atoms with Gasteiger partial charge in [-0.25, -0.2) is 4.39 Å². The van der Waals surface area contributed by atoms with Crippen LogP contribution in [-0.2, 0) is 4.79 Å². The second-order valence-corrected chi connectivity index (χ2v) is 3.16. The third kappa shape index (κ3) is 6.75. The minimum absolute atomic E-state index is 0.257. The summed E-state index contributed by atoms with van der Waals surface area (Å²) in [6.45, 7) is 2.05. The first-order chi connectivity index (χ1) is 6.97. The molecule has 0 amide bonds. The van der Waals surface area contributed by atoms with Crippen LogP contribution in [0.3, 0.4) is 0 Å². The number of aliphatic carboxylic acids is 1. The summed E-state index contributed by atoms with van der Waals surface area (Å²) in [7, 11) is 0. The fourth-order valence-electron chi connectivity index (χ4n) is 0.940. The van der Waals surface area contributed by atoms with Gasteiger partial charge in [0.2, 0.25) is 0 Å². The Morgan fingerprint density at radius 2 is 2.33 bits per heavy atom. The topological polar surface area (TPSA) is 99.2 Å². The third-order valence-corrected chi connectivity index (χ3v) is 1.70. The minimum atomic E-state index is -1.22. The molecule has 6 heteroatoms. The van der Waals surface area contributed by atoms with E-state index in [9.17, 15) is 9.18 Å². The van der Waals surface area contributed by atoms with Gasteiger partial charge in [-0.2, -0.15) is 0 Å². The average molecular weight is 217 g/mol. The van der Waals surface area contributed by atoms with Crippen molar-refractivity contribution in [3.63, 3.8) is 0 Å². The van der Waals surface area contributed by atoms with Gasteiger partial charge in [-0.3, -0.25) is 4.79 Å². The Bertz CT molecular complexity index is 256. The maximum Gasteiger partial charge on any atom is 0.320 e. The molecule has 5 N–H and O–H groups in total. The van der Waals surface area contributed by atoms with Crippen LogP contribution in [0.4, 0.5) is 4.39 Å². The second kappa shape index (κ2) is 7.08. The van der Waals surface area contributed by atoms with Gasteiger partial charge in [-0.05, 0) is 13.0 Å². The number of halogens is 1. The molecule has 0 fully saturated rings. The van der Waals surface area contributed by atoms with E-state index in [0.29, 0.717) is 6.54 Å². The Morgan fingerprint density at radius 1 is 1.73 bits per heavy atom. The summed E-state index contributed by atoms with van der Waals surface area (Å²) in [5.41, 5.74) is 5.16. The van der Waals surface area contributed by atoms with E-state index in [4.69, 9.17) is 16.2 Å². The number of carboxylic acids is 1. The fraction of sp³-hybridized carbons (Fsp3) is 0.556. The van der Waals surface area contributed by atoms with Crippen molar-refractivity contribution in [3.8, 4) is 0 Å². The van der Waals surface area contributed by atoms with Crippen LogP contribution in [0.1, 0.15) is 13.3 Å². The van der Waals surface area contributed by atoms with Crippen LogP contribution in [-0.4, -0.2) is 35.9 Å². The third-order valence-electron chi connectivity index (χ3n) is 1.70. The van der Waals surface area contributed by atoms with Crippen molar-refractivity contribution < 1.29 is 14.3 Å². The lowest BCUT2D eigenvalue weighted by atomic mass is 10.1. The van der Waals surface area contributed by atoms with Gasteiger partial charge < -0.3 is 21.6 Å². The van der Waals surface area contributed by atoms with E-state index >= 15 is 0 Å². The molecule has 0 aliphatic carbocycles. The van der Waals surface area contributed by atoms with E-state index in [1.54, 1.807) is 6.92 Å². The first kappa shape index (κ1) is 13.7. The van der Waals surface area contributed by atoms with Crippen LogP contribution >= 0.6 is 0 Å². The molecule has 86 valence electrons. The van der Waals surface area contributed by atoms with Crippen LogP contribution in [0.15, 0.2) is 11.9 Å². The van der Waals surface area contributed by atoms with Crippen molar-refractivity contribution in [1.29, 1.82) is 5.41 Å². The van der Waals surface area contributed by atoms with E-state index < -0.39 is 17.8 Å². The normalized spacial score (nSPS) is 15.8. The molecule has 0 aromatic heterocycles. The fourth-order valence-corrected chi connectivity index (χ4v) is 0.940. The number of rotatable bonds is 7. The quantitative estimate of drug-likeness (QED) is 0.460. The highest BCUT2D eigenvalue weighted by atomic mass is 19.1. The van der Waals surface area contributed by atoms with Crippen LogP contribution < -0.4 is 11.1 Å². The summed E-state index contributed by atoms with van der Waals surface area (Å²) in [4.78, 5) is 10.3. The maximum absolute atomic E-state index is 13.1. The second-order valence-electron chi connectivity index (χ2n) is 3.16. The molecule has 15 heavy (non-hydrogen) atoms. The molecule has 0 radical (unpaired) electrons. The van der Waals surface area contributed by atoms with Crippen molar-refractivity contribution in [2.45, 2.75) is 25.4 Å². The molecule has 2 unspecified atom stereocenters. The van der Waals surface area contributed by atoms with E-state index in [0.717, 1.165) is 6.21 Å². The van der Waals surface area contributed by atoms with Crippen LogP contribution in [0.5, 0.6) is 0 Å². The first-order valence-electron chi connectivity index (χ1n) is 4.54. The summed E-state index contributed by atoms with van der Waals surface area (Å²) < 4.78 is 13.1. The Balaban J connectivity index is 4.06. The monoisotopic (exact) mass is 217 g/mol. The zero-order valence-corrected chi connectivity index (χ0v) is 8.53. The Morgan fingerprint density at radius 3 is 2.80 bits per heavy atom. The summed E-state index contributed by atoms with van der Waals surface area (Å²) in [6, 6.07) is -1.47. The molecule has 2 atom stereocenters. The summed E-state index contributed by atoms with van der Waals surface area (Å²) in [6.07, 6.45) is 2.10. The van der Waals surface area contributed by atoms with Crippen molar-refractivity contribution in [2.75, 3.05) is 6.54 Å². The van der Waals surface area contributed by atoms with Crippen LogP contribution in [0.25, 0.3) is 0 Å². The van der Waals surface area contributed by atoms with Gasteiger partial charge in [0.25, 0.3) is 0 Å². The number of nitrogens with one attached hydrogen (secondary N) is 2. The molecule has 0 rings (SSSR count). The standard InChI is InChI=1S/C9H16FN3O2/c1-6(13-3-2-11)4-7(10)5-8(12)9(14)15/h2,4,6,8,11,13H,3,5,12H2,1H3,(H,14,15). The SMILES string of the molecule is CC(C=C(F)CC(N)C(=O)O)NCC=N. The summed E-state index contributed by atoms with van der Waals surface area (Å²) in [5, 5.41) is 18.0. The number of carbonyl (C=O) groups is 1. The van der Waals surface area contributed by atoms with E-state index in [2.05, 4.69) is 5.32 Å². The molecule has 5 nitrogen and oxygen atoms in total. The van der Waals surface area contributed by atoms with Gasteiger partial charge >= 0.3 is 5.97 Å². The lowest BCUT2D eigenvalue weighted by Crippen LogP contribution is -2.31. The van der Waals surface area contributed by atoms with Crippen LogP contribution in [0, 0.1) is 5.41 Å². The Kier molecular flexibility index (Phi) is 6.48. The van der Waals surface area contributed by atoms with E-state index in [-0.39, 0.29) is 12.5 Å². The highest BCUT2D eigenvalue weighted by Crippen LogP contribution is 2.07. The van der Waals surface area contributed by atoms with E-state index in [1.165, 1.54) is 6.08 Å². The molecule has 0 aromatic rings. The van der Waals surface area contributed by atoms with Crippen LogP contribution in [0.2, 0.25) is 0 Å². The van der Waals surface area contributed by atoms with Gasteiger partial charge in [-0.15, -0.1) is 0 Å². The van der Waals surface area contributed by atoms with Gasteiger partial charge in [0.15, 0.2) is 0 Å². The molecule has 0 aromatic carbocycles. The zero-order valence-electron chi connectivity index (χ0n) is 8.53. The number of hydrogen-bond donors (Lipinski definition) is 4. The molecule has 0 spiro atoms. The first-order valence-corrected chi connectivity index (χ1v) is 4.54. The maximum atomic E-state index is 13.1. The smallest absolute Gasteiger partial charge is 0.320 e. The minimum Gasteiger partial charge on any atom is -0.480 e. The summed E-state index contributed by atoms with van der Waals surface area (Å²) >= 11 is 0. The summed E-state index contributed by atoms with van der Waals surface area (Å²) in [5.74, 6) is -1.78. The van der Waals surface area contributed by atoms with Crippen molar-refractivity contribution in [3.05, 3.63) is 11.9 Å². The highest BCUT2D eigenvalue weighted by Gasteiger charge is 2.14. The van der Waals surface area contributed by atoms with Crippen molar-refractivity contribution in [1.82, 2.24) is 5.32 Å². The average Bonchev–Trinajstić information content (AvgIpc) is 2.14. The number of nitrogens with two attached hydrogens (primary N) is 1. The molecule has 0 heterocycles. The predicted octanol–water partition coefficient (Wildman–Crippen LogP) is 0.269. The molecule has 0 saturated heterocycles. The van der Waals surface area contributed by atoms with Gasteiger partial charge in [0.05, 0.1) is 5.83 Å². The van der Waals surface area contributed by atoms with Gasteiger partial charge in [0.1, 0.15) is 6.04 Å². The lowest BCUT2D eigenvalue weighted by molar-refractivity contribution is -0.138. The molecular formula is C9H16FN3O2. The molecule has 0 bridgehead atoms. The highest BCUT2D eigenvalue weighted by molar-refractivity contribution is 5.73. The van der Waals surface area contributed by atoms with Gasteiger partial charge in [-0.1, -0.05) is 0 Å². The van der Waals surface area contributed by atoms with Crippen molar-refractivity contribution >= 4 is 12.2 Å². The lowest BCUT2D eigenvalue weighted by Gasteiger charge is -2.08. The zero-order chi connectivity index (χ0) is 11.8. The van der Waals surface area contributed by atoms with Gasteiger partial charge in [0, 0.05) is 25.2 Å². The molecule has 0 aliphatic heterocycles. The molecular weight excluding hydrogens is 201 g/mol. The van der Waals surface area contributed by atoms with E-state index in [1.807, 2.05) is 0 Å². The number of hydrogen-bond acceptors (Lipinski definition) is 4. The molecule has 0 saturated carbocycles. The predicted molar refractivity (Wildman–Crippen MR) is 55.7 cm³/mol. The Labute approximate surface area is 87.7 Å². The van der Waals surface area contributed by atoms with Crippen molar-refractivity contribution in [2.24, 2.45) is 5.73 Å². The Hall–Kier alpha value is -1.27. The largest absolute Gasteiger partial charge is 0.480 e. The molecule has 0 aliphatic rings. The number of carboxylic acid groups (broad SMARTS) is 1.